The summed E-state index contributed by atoms with van der Waals surface area (Å²) in [5.41, 5.74) is 1.35. The van der Waals surface area contributed by atoms with E-state index < -0.39 is 7.92 Å². The molecule has 40 heavy (non-hydrogen) atoms. The Kier molecular flexibility index (Phi) is 10.3. The highest BCUT2D eigenvalue weighted by Crippen LogP contribution is 2.48. The highest BCUT2D eigenvalue weighted by atomic mass is 31.1. The molecule has 8 heteroatoms. The molecule has 0 aliphatic rings. The van der Waals surface area contributed by atoms with E-state index in [0.717, 1.165) is 27.0 Å². The standard InChI is InChI=1S/C32H43O7P/c1-31(2,3)23-15-21(36-9)17-27(29(23)38-19-34-7)40(26-14-12-11-13-25(26)33)28-18-22(37-10)16-24(32(4,5)6)30(28)39-20-35-8/h11-18,33H,19-20H2,1-10H3. The van der Waals surface area contributed by atoms with E-state index in [1.807, 2.05) is 42.5 Å². The number of aromatic hydroxyl groups is 1. The van der Waals surface area contributed by atoms with Gasteiger partial charge in [0.05, 0.1) is 14.2 Å². The van der Waals surface area contributed by atoms with Crippen LogP contribution < -0.4 is 34.9 Å². The third-order valence-electron chi connectivity index (χ3n) is 6.42. The zero-order valence-electron chi connectivity index (χ0n) is 25.4. The molecule has 0 bridgehead atoms. The molecule has 0 aliphatic carbocycles. The van der Waals surface area contributed by atoms with Crippen molar-refractivity contribution < 1.29 is 33.5 Å². The number of phenolic OH excluding ortho intramolecular Hbond substituents is 1. The summed E-state index contributed by atoms with van der Waals surface area (Å²) in [5, 5.41) is 13.7. The van der Waals surface area contributed by atoms with Gasteiger partial charge in [-0.05, 0) is 49.1 Å². The Balaban J connectivity index is 2.57. The minimum atomic E-state index is -1.48. The Morgan fingerprint density at radius 1 is 0.625 bits per heavy atom. The number of hydrogen-bond acceptors (Lipinski definition) is 7. The van der Waals surface area contributed by atoms with Crippen molar-refractivity contribution in [3.63, 3.8) is 0 Å². The molecule has 7 nitrogen and oxygen atoms in total. The topological polar surface area (TPSA) is 75.6 Å². The van der Waals surface area contributed by atoms with Gasteiger partial charge in [-0.1, -0.05) is 59.7 Å². The van der Waals surface area contributed by atoms with Gasteiger partial charge in [-0.2, -0.15) is 0 Å². The van der Waals surface area contributed by atoms with Gasteiger partial charge in [-0.15, -0.1) is 0 Å². The van der Waals surface area contributed by atoms with Crippen LogP contribution in [0.1, 0.15) is 52.7 Å². The quantitative estimate of drug-likeness (QED) is 0.233. The van der Waals surface area contributed by atoms with E-state index >= 15 is 0 Å². The third kappa shape index (κ3) is 7.01. The van der Waals surface area contributed by atoms with Gasteiger partial charge in [0.1, 0.15) is 28.7 Å². The van der Waals surface area contributed by atoms with Crippen LogP contribution in [0.25, 0.3) is 0 Å². The van der Waals surface area contributed by atoms with E-state index in [1.165, 1.54) is 0 Å². The second-order valence-corrected chi connectivity index (χ2v) is 13.6. The Hall–Kier alpha value is -2.99. The summed E-state index contributed by atoms with van der Waals surface area (Å²) in [5.74, 6) is 2.91. The van der Waals surface area contributed by atoms with E-state index in [1.54, 1.807) is 34.5 Å². The second-order valence-electron chi connectivity index (χ2n) is 11.5. The number of hydrogen-bond donors (Lipinski definition) is 1. The lowest BCUT2D eigenvalue weighted by atomic mass is 9.86. The van der Waals surface area contributed by atoms with Crippen LogP contribution in [-0.4, -0.2) is 47.1 Å². The largest absolute Gasteiger partial charge is 0.507 e. The fourth-order valence-electron chi connectivity index (χ4n) is 4.44. The molecule has 0 aromatic heterocycles. The second kappa shape index (κ2) is 13.1. The Morgan fingerprint density at radius 2 is 1.05 bits per heavy atom. The molecule has 3 aromatic rings. The van der Waals surface area contributed by atoms with Gasteiger partial charge in [-0.25, -0.2) is 0 Å². The summed E-state index contributed by atoms with van der Waals surface area (Å²) in [6.45, 7) is 12.9. The SMILES string of the molecule is COCOc1c(P(c2ccccc2O)c2cc(OC)cc(C(C)(C)C)c2OCOC)cc(OC)cc1C(C)(C)C. The number of phenols is 1. The fraction of sp³-hybridized carbons (Fsp3) is 0.438. The number of methoxy groups -OCH3 is 4. The molecule has 0 aliphatic heterocycles. The Bertz CT molecular complexity index is 1210. The van der Waals surface area contributed by atoms with Crippen molar-refractivity contribution in [1.82, 2.24) is 0 Å². The predicted octanol–water partition coefficient (Wildman–Crippen LogP) is 5.73. The van der Waals surface area contributed by atoms with Gasteiger partial charge in [0, 0.05) is 41.3 Å². The average molecular weight is 571 g/mol. The Labute approximate surface area is 240 Å². The zero-order valence-corrected chi connectivity index (χ0v) is 26.3. The van der Waals surface area contributed by atoms with Crippen molar-refractivity contribution >= 4 is 23.8 Å². The van der Waals surface area contributed by atoms with Crippen molar-refractivity contribution in [3.05, 3.63) is 59.7 Å². The molecule has 3 aromatic carbocycles. The third-order valence-corrected chi connectivity index (χ3v) is 8.91. The molecule has 3 rings (SSSR count). The van der Waals surface area contributed by atoms with E-state index in [2.05, 4.69) is 41.5 Å². The van der Waals surface area contributed by atoms with Crippen LogP contribution >= 0.6 is 7.92 Å². The highest BCUT2D eigenvalue weighted by molar-refractivity contribution is 7.80. The maximum atomic E-state index is 11.3. The van der Waals surface area contributed by atoms with E-state index in [-0.39, 0.29) is 30.2 Å². The van der Waals surface area contributed by atoms with Crippen LogP contribution in [0.4, 0.5) is 0 Å². The molecular formula is C32H43O7P. The molecule has 218 valence electrons. The first-order valence-corrected chi connectivity index (χ1v) is 14.5. The molecule has 0 unspecified atom stereocenters. The van der Waals surface area contributed by atoms with Gasteiger partial charge >= 0.3 is 0 Å². The van der Waals surface area contributed by atoms with Gasteiger partial charge < -0.3 is 33.5 Å². The summed E-state index contributed by atoms with van der Waals surface area (Å²) in [4.78, 5) is 0. The van der Waals surface area contributed by atoms with Crippen LogP contribution in [0.3, 0.4) is 0 Å². The molecule has 0 fully saturated rings. The lowest BCUT2D eigenvalue weighted by molar-refractivity contribution is 0.0505. The first-order chi connectivity index (χ1) is 18.9. The Morgan fingerprint density at radius 3 is 1.40 bits per heavy atom. The lowest BCUT2D eigenvalue weighted by Gasteiger charge is -2.32. The summed E-state index contributed by atoms with van der Waals surface area (Å²) in [7, 11) is 5.02. The fourth-order valence-corrected chi connectivity index (χ4v) is 7.05. The van der Waals surface area contributed by atoms with Crippen molar-refractivity contribution in [2.45, 2.75) is 52.4 Å². The summed E-state index contributed by atoms with van der Waals surface area (Å²) in [6, 6.07) is 15.3. The maximum absolute atomic E-state index is 11.3. The molecule has 0 spiro atoms. The van der Waals surface area contributed by atoms with Crippen LogP contribution in [0.15, 0.2) is 48.5 Å². The molecule has 0 radical (unpaired) electrons. The van der Waals surface area contributed by atoms with Crippen molar-refractivity contribution in [2.75, 3.05) is 42.0 Å². The molecule has 0 atom stereocenters. The minimum Gasteiger partial charge on any atom is -0.507 e. The number of benzene rings is 3. The summed E-state index contributed by atoms with van der Waals surface area (Å²) >= 11 is 0. The monoisotopic (exact) mass is 570 g/mol. The molecule has 0 saturated heterocycles. The molecule has 0 amide bonds. The first-order valence-electron chi connectivity index (χ1n) is 13.1. The highest BCUT2D eigenvalue weighted by Gasteiger charge is 2.34. The normalized spacial score (nSPS) is 12.0. The molecule has 1 N–H and O–H groups in total. The number of para-hydroxylation sites is 1. The first kappa shape index (κ1) is 31.5. The predicted molar refractivity (Wildman–Crippen MR) is 162 cm³/mol. The van der Waals surface area contributed by atoms with Crippen LogP contribution in [-0.2, 0) is 20.3 Å². The van der Waals surface area contributed by atoms with Crippen LogP contribution in [0.2, 0.25) is 0 Å². The van der Waals surface area contributed by atoms with Crippen molar-refractivity contribution in [1.29, 1.82) is 0 Å². The lowest BCUT2D eigenvalue weighted by Crippen LogP contribution is -2.29. The van der Waals surface area contributed by atoms with E-state index in [9.17, 15) is 5.11 Å². The van der Waals surface area contributed by atoms with Gasteiger partial charge in [0.15, 0.2) is 13.6 Å². The summed E-state index contributed by atoms with van der Waals surface area (Å²) < 4.78 is 35.0. The smallest absolute Gasteiger partial charge is 0.188 e. The van der Waals surface area contributed by atoms with Crippen LogP contribution in [0, 0.1) is 0 Å². The van der Waals surface area contributed by atoms with Crippen molar-refractivity contribution in [3.8, 4) is 28.7 Å². The average Bonchev–Trinajstić information content (AvgIpc) is 2.90. The van der Waals surface area contributed by atoms with Gasteiger partial charge in [0.25, 0.3) is 0 Å². The summed E-state index contributed by atoms with van der Waals surface area (Å²) in [6.07, 6.45) is 0. The van der Waals surface area contributed by atoms with E-state index in [4.69, 9.17) is 28.4 Å². The zero-order chi connectivity index (χ0) is 29.7. The number of rotatable bonds is 11. The molecule has 0 heterocycles. The molecule has 0 saturated carbocycles. The van der Waals surface area contributed by atoms with Crippen molar-refractivity contribution in [2.24, 2.45) is 0 Å². The van der Waals surface area contributed by atoms with Crippen LogP contribution in [0.5, 0.6) is 28.7 Å². The maximum Gasteiger partial charge on any atom is 0.188 e. The van der Waals surface area contributed by atoms with Gasteiger partial charge in [-0.3, -0.25) is 0 Å². The number of ether oxygens (including phenoxy) is 6. The van der Waals surface area contributed by atoms with E-state index in [0.29, 0.717) is 23.0 Å². The minimum absolute atomic E-state index is 0.0603. The molecular weight excluding hydrogens is 527 g/mol. The van der Waals surface area contributed by atoms with Gasteiger partial charge in [0.2, 0.25) is 0 Å².